The summed E-state index contributed by atoms with van der Waals surface area (Å²) < 4.78 is 39.6. The Labute approximate surface area is 108 Å². The first kappa shape index (κ1) is 15.8. The van der Waals surface area contributed by atoms with Crippen molar-refractivity contribution >= 4 is 10.3 Å². The Morgan fingerprint density at radius 1 is 1.44 bits per heavy atom. The molecule has 1 saturated heterocycles. The molecule has 1 heterocycles. The molecule has 0 aromatic heterocycles. The lowest BCUT2D eigenvalue weighted by Gasteiger charge is -2.18. The summed E-state index contributed by atoms with van der Waals surface area (Å²) >= 11 is 0. The lowest BCUT2D eigenvalue weighted by Crippen LogP contribution is -2.36. The Kier molecular flexibility index (Phi) is 5.50. The topological polar surface area (TPSA) is 94.1 Å². The molecule has 8 heteroatoms. The van der Waals surface area contributed by atoms with Gasteiger partial charge in [-0.05, 0) is 13.8 Å². The first-order valence-electron chi connectivity index (χ1n) is 5.81. The summed E-state index contributed by atoms with van der Waals surface area (Å²) in [6, 6.07) is 0. The standard InChI is InChI=1S/C10H21NO6S/c1-6(2)16-10-9(12)7(3)8(17-10)5-11-18(13,14)15-4/h6-12H,5H2,1-4H3/t7-,8-,9-,10-/m1/s1. The first-order chi connectivity index (χ1) is 8.26. The highest BCUT2D eigenvalue weighted by Crippen LogP contribution is 2.28. The molecule has 0 bridgehead atoms. The van der Waals surface area contributed by atoms with E-state index < -0.39 is 28.8 Å². The van der Waals surface area contributed by atoms with Crippen LogP contribution in [-0.4, -0.2) is 51.8 Å². The third-order valence-corrected chi connectivity index (χ3v) is 3.76. The third-order valence-electron chi connectivity index (χ3n) is 2.80. The molecule has 108 valence electrons. The fourth-order valence-electron chi connectivity index (χ4n) is 1.70. The molecule has 1 rings (SSSR count). The van der Waals surface area contributed by atoms with Gasteiger partial charge in [0.2, 0.25) is 0 Å². The molecule has 0 unspecified atom stereocenters. The number of nitrogens with one attached hydrogen (secondary N) is 1. The van der Waals surface area contributed by atoms with Gasteiger partial charge >= 0.3 is 10.3 Å². The van der Waals surface area contributed by atoms with Crippen LogP contribution in [-0.2, 0) is 24.0 Å². The second-order valence-corrected chi connectivity index (χ2v) is 6.08. The van der Waals surface area contributed by atoms with E-state index in [4.69, 9.17) is 9.47 Å². The van der Waals surface area contributed by atoms with Gasteiger partial charge in [0.1, 0.15) is 6.10 Å². The molecule has 0 aliphatic carbocycles. The second-order valence-electron chi connectivity index (χ2n) is 4.55. The summed E-state index contributed by atoms with van der Waals surface area (Å²) in [6.07, 6.45) is -2.03. The normalized spacial score (nSPS) is 33.2. The van der Waals surface area contributed by atoms with Crippen LogP contribution in [0, 0.1) is 5.92 Å². The summed E-state index contributed by atoms with van der Waals surface area (Å²) in [5.74, 6) is -0.228. The Hall–Kier alpha value is -0.250. The Bertz CT molecular complexity index is 357. The number of aliphatic hydroxyl groups is 1. The average Bonchev–Trinajstić information content (AvgIpc) is 2.54. The molecule has 1 fully saturated rings. The van der Waals surface area contributed by atoms with Crippen molar-refractivity contribution in [1.29, 1.82) is 0 Å². The summed E-state index contributed by atoms with van der Waals surface area (Å²) in [7, 11) is -2.67. The molecule has 0 saturated carbocycles. The molecular formula is C10H21NO6S. The van der Waals surface area contributed by atoms with Gasteiger partial charge in [-0.3, -0.25) is 4.18 Å². The van der Waals surface area contributed by atoms with Crippen LogP contribution < -0.4 is 4.72 Å². The minimum Gasteiger partial charge on any atom is -0.387 e. The summed E-state index contributed by atoms with van der Waals surface area (Å²) in [6.45, 7) is 5.48. The molecule has 1 aliphatic rings. The van der Waals surface area contributed by atoms with Crippen molar-refractivity contribution in [3.8, 4) is 0 Å². The maximum absolute atomic E-state index is 11.1. The van der Waals surface area contributed by atoms with Crippen LogP contribution in [0.15, 0.2) is 0 Å². The van der Waals surface area contributed by atoms with Gasteiger partial charge in [0, 0.05) is 12.5 Å². The van der Waals surface area contributed by atoms with E-state index in [1.54, 1.807) is 6.92 Å². The molecular weight excluding hydrogens is 262 g/mol. The summed E-state index contributed by atoms with van der Waals surface area (Å²) in [4.78, 5) is 0. The molecule has 0 amide bonds. The number of ether oxygens (including phenoxy) is 2. The van der Waals surface area contributed by atoms with E-state index in [1.165, 1.54) is 0 Å². The lowest BCUT2D eigenvalue weighted by atomic mass is 10.0. The van der Waals surface area contributed by atoms with Crippen molar-refractivity contribution in [3.63, 3.8) is 0 Å². The van der Waals surface area contributed by atoms with E-state index in [0.29, 0.717) is 0 Å². The zero-order valence-electron chi connectivity index (χ0n) is 11.0. The molecule has 0 aromatic rings. The lowest BCUT2D eigenvalue weighted by molar-refractivity contribution is -0.182. The van der Waals surface area contributed by atoms with Crippen molar-refractivity contribution in [2.24, 2.45) is 5.92 Å². The zero-order valence-corrected chi connectivity index (χ0v) is 11.8. The van der Waals surface area contributed by atoms with Gasteiger partial charge in [-0.15, -0.1) is 0 Å². The maximum atomic E-state index is 11.1. The van der Waals surface area contributed by atoms with Crippen LogP contribution in [0.25, 0.3) is 0 Å². The highest BCUT2D eigenvalue weighted by Gasteiger charge is 2.42. The highest BCUT2D eigenvalue weighted by atomic mass is 32.2. The third kappa shape index (κ3) is 4.15. The van der Waals surface area contributed by atoms with Crippen molar-refractivity contribution in [3.05, 3.63) is 0 Å². The molecule has 1 aliphatic heterocycles. The van der Waals surface area contributed by atoms with Gasteiger partial charge in [-0.25, -0.2) is 0 Å². The summed E-state index contributed by atoms with van der Waals surface area (Å²) in [5.41, 5.74) is 0. The molecule has 18 heavy (non-hydrogen) atoms. The Morgan fingerprint density at radius 3 is 2.56 bits per heavy atom. The zero-order chi connectivity index (χ0) is 13.9. The van der Waals surface area contributed by atoms with Gasteiger partial charge in [-0.1, -0.05) is 6.92 Å². The molecule has 4 atom stereocenters. The Morgan fingerprint density at radius 2 is 2.06 bits per heavy atom. The van der Waals surface area contributed by atoms with E-state index in [9.17, 15) is 13.5 Å². The molecule has 0 spiro atoms. The van der Waals surface area contributed by atoms with E-state index in [-0.39, 0.29) is 18.6 Å². The van der Waals surface area contributed by atoms with Crippen molar-refractivity contribution in [2.45, 2.75) is 45.4 Å². The first-order valence-corrected chi connectivity index (χ1v) is 7.22. The van der Waals surface area contributed by atoms with Crippen molar-refractivity contribution < 1.29 is 27.2 Å². The minimum atomic E-state index is -3.74. The van der Waals surface area contributed by atoms with Crippen LogP contribution in [0.5, 0.6) is 0 Å². The molecule has 0 aromatic carbocycles. The number of hydrogen-bond acceptors (Lipinski definition) is 6. The fourth-order valence-corrected chi connectivity index (χ4v) is 2.19. The molecule has 7 nitrogen and oxygen atoms in total. The SMILES string of the molecule is COS(=O)(=O)NC[C@H]1O[C@@H](OC(C)C)[C@H](O)[C@@H]1C. The van der Waals surface area contributed by atoms with Crippen LogP contribution >= 0.6 is 0 Å². The number of hydrogen-bond donors (Lipinski definition) is 2. The maximum Gasteiger partial charge on any atom is 0.335 e. The molecule has 0 radical (unpaired) electrons. The number of rotatable bonds is 6. The van der Waals surface area contributed by atoms with Crippen LogP contribution in [0.4, 0.5) is 0 Å². The van der Waals surface area contributed by atoms with E-state index in [1.807, 2.05) is 13.8 Å². The van der Waals surface area contributed by atoms with E-state index in [0.717, 1.165) is 7.11 Å². The van der Waals surface area contributed by atoms with Gasteiger partial charge in [0.25, 0.3) is 0 Å². The van der Waals surface area contributed by atoms with Crippen LogP contribution in [0.1, 0.15) is 20.8 Å². The quantitative estimate of drug-likeness (QED) is 0.690. The average molecular weight is 283 g/mol. The summed E-state index contributed by atoms with van der Waals surface area (Å²) in [5, 5.41) is 9.90. The predicted octanol–water partition coefficient (Wildman–Crippen LogP) is -0.386. The van der Waals surface area contributed by atoms with Gasteiger partial charge in [-0.2, -0.15) is 13.1 Å². The second kappa shape index (κ2) is 6.27. The fraction of sp³-hybridized carbons (Fsp3) is 1.00. The molecule has 2 N–H and O–H groups in total. The van der Waals surface area contributed by atoms with Gasteiger partial charge < -0.3 is 14.6 Å². The van der Waals surface area contributed by atoms with Gasteiger partial charge in [0.05, 0.1) is 19.3 Å². The van der Waals surface area contributed by atoms with Crippen LogP contribution in [0.2, 0.25) is 0 Å². The monoisotopic (exact) mass is 283 g/mol. The van der Waals surface area contributed by atoms with Gasteiger partial charge in [0.15, 0.2) is 6.29 Å². The smallest absolute Gasteiger partial charge is 0.335 e. The van der Waals surface area contributed by atoms with Crippen LogP contribution in [0.3, 0.4) is 0 Å². The van der Waals surface area contributed by atoms with E-state index >= 15 is 0 Å². The van der Waals surface area contributed by atoms with E-state index in [2.05, 4.69) is 8.91 Å². The highest BCUT2D eigenvalue weighted by molar-refractivity contribution is 7.84. The minimum absolute atomic E-state index is 0.0341. The van der Waals surface area contributed by atoms with Crippen molar-refractivity contribution in [2.75, 3.05) is 13.7 Å². The Balaban J connectivity index is 2.53. The number of aliphatic hydroxyl groups excluding tert-OH is 1. The largest absolute Gasteiger partial charge is 0.387 e. The van der Waals surface area contributed by atoms with Crippen molar-refractivity contribution in [1.82, 2.24) is 4.72 Å². The predicted molar refractivity (Wildman–Crippen MR) is 64.0 cm³/mol.